The maximum absolute atomic E-state index is 5.92. The molecule has 3 N–H and O–H groups in total. The van der Waals surface area contributed by atoms with Crippen molar-refractivity contribution in [3.63, 3.8) is 0 Å². The van der Waals surface area contributed by atoms with Crippen LogP contribution in [0.3, 0.4) is 0 Å². The molecule has 0 radical (unpaired) electrons. The highest BCUT2D eigenvalue weighted by Gasteiger charge is 2.34. The third-order valence-electron chi connectivity index (χ3n) is 4.93. The van der Waals surface area contributed by atoms with Gasteiger partial charge in [-0.2, -0.15) is 0 Å². The number of nitrogens with two attached hydrogens (primary N) is 1. The Balaban J connectivity index is 1.90. The number of hydrogen-bond acceptors (Lipinski definition) is 4. The number of allylic oxidation sites excluding steroid dienone is 1. The van der Waals surface area contributed by atoms with Crippen LogP contribution < -0.4 is 11.1 Å². The largest absolute Gasteiger partial charge is 0.398 e. The third-order valence-corrected chi connectivity index (χ3v) is 4.93. The van der Waals surface area contributed by atoms with Gasteiger partial charge in [0.1, 0.15) is 0 Å². The van der Waals surface area contributed by atoms with Gasteiger partial charge in [0.2, 0.25) is 5.95 Å². The number of nitrogens with zero attached hydrogens (tertiary/aromatic N) is 2. The monoisotopic (exact) mass is 322 g/mol. The third kappa shape index (κ3) is 3.42. The van der Waals surface area contributed by atoms with Crippen LogP contribution in [-0.4, -0.2) is 9.97 Å². The molecule has 0 saturated heterocycles. The Labute approximate surface area is 144 Å². The number of rotatable bonds is 4. The standard InChI is InChI=1S/C20H26N4/c1-3-18(21)16-13-22-19(23-14-16)24-20(10-5-4-6-11-20)17-9-7-8-15(2)12-17/h3,7-9,12-14H,4-6,10-11,21H2,1-2H3,(H,22,23,24). The zero-order valence-corrected chi connectivity index (χ0v) is 14.5. The highest BCUT2D eigenvalue weighted by molar-refractivity contribution is 5.61. The molecule has 1 saturated carbocycles. The van der Waals surface area contributed by atoms with Crippen molar-refractivity contribution < 1.29 is 0 Å². The van der Waals surface area contributed by atoms with Gasteiger partial charge in [0, 0.05) is 23.7 Å². The first kappa shape index (κ1) is 16.5. The fraction of sp³-hybridized carbons (Fsp3) is 0.400. The Morgan fingerprint density at radius 2 is 1.88 bits per heavy atom. The van der Waals surface area contributed by atoms with Crippen LogP contribution in [0.1, 0.15) is 55.7 Å². The first-order valence-corrected chi connectivity index (χ1v) is 8.72. The van der Waals surface area contributed by atoms with Crippen molar-refractivity contribution in [3.8, 4) is 0 Å². The predicted octanol–water partition coefficient (Wildman–Crippen LogP) is 4.38. The molecule has 0 bridgehead atoms. The topological polar surface area (TPSA) is 63.8 Å². The Kier molecular flexibility index (Phi) is 4.84. The second-order valence-corrected chi connectivity index (χ2v) is 6.68. The number of anilines is 1. The molecule has 0 atom stereocenters. The molecular weight excluding hydrogens is 296 g/mol. The summed E-state index contributed by atoms with van der Waals surface area (Å²) in [6.07, 6.45) is 11.4. The number of aromatic nitrogens is 2. The summed E-state index contributed by atoms with van der Waals surface area (Å²) in [5.41, 5.74) is 10.0. The molecule has 126 valence electrons. The first-order chi connectivity index (χ1) is 11.6. The predicted molar refractivity (Wildman–Crippen MR) is 99.4 cm³/mol. The van der Waals surface area contributed by atoms with Crippen molar-refractivity contribution in [1.29, 1.82) is 0 Å². The quantitative estimate of drug-likeness (QED) is 0.877. The van der Waals surface area contributed by atoms with Crippen molar-refractivity contribution >= 4 is 11.6 Å². The highest BCUT2D eigenvalue weighted by atomic mass is 15.1. The molecule has 4 nitrogen and oxygen atoms in total. The maximum Gasteiger partial charge on any atom is 0.223 e. The maximum atomic E-state index is 5.92. The summed E-state index contributed by atoms with van der Waals surface area (Å²) in [6, 6.07) is 8.78. The van der Waals surface area contributed by atoms with E-state index in [0.29, 0.717) is 11.6 Å². The van der Waals surface area contributed by atoms with Gasteiger partial charge in [-0.3, -0.25) is 0 Å². The van der Waals surface area contributed by atoms with E-state index in [1.165, 1.54) is 30.4 Å². The van der Waals surface area contributed by atoms with Crippen LogP contribution in [0.15, 0.2) is 42.7 Å². The lowest BCUT2D eigenvalue weighted by Crippen LogP contribution is -2.38. The van der Waals surface area contributed by atoms with E-state index < -0.39 is 0 Å². The van der Waals surface area contributed by atoms with E-state index in [4.69, 9.17) is 5.73 Å². The van der Waals surface area contributed by atoms with Gasteiger partial charge < -0.3 is 11.1 Å². The van der Waals surface area contributed by atoms with Gasteiger partial charge in [-0.05, 0) is 32.3 Å². The zero-order chi connectivity index (χ0) is 17.0. The zero-order valence-electron chi connectivity index (χ0n) is 14.5. The van der Waals surface area contributed by atoms with Gasteiger partial charge in [-0.1, -0.05) is 55.2 Å². The van der Waals surface area contributed by atoms with Gasteiger partial charge in [0.15, 0.2) is 0 Å². The van der Waals surface area contributed by atoms with Crippen molar-refractivity contribution in [2.24, 2.45) is 5.73 Å². The average molecular weight is 322 g/mol. The molecule has 2 aromatic rings. The van der Waals surface area contributed by atoms with Crippen molar-refractivity contribution in [1.82, 2.24) is 9.97 Å². The fourth-order valence-corrected chi connectivity index (χ4v) is 3.51. The minimum Gasteiger partial charge on any atom is -0.398 e. The van der Waals surface area contributed by atoms with Crippen LogP contribution in [0.25, 0.3) is 5.70 Å². The van der Waals surface area contributed by atoms with Gasteiger partial charge in [0.05, 0.1) is 5.54 Å². The van der Waals surface area contributed by atoms with E-state index in [-0.39, 0.29) is 5.54 Å². The fourth-order valence-electron chi connectivity index (χ4n) is 3.51. The highest BCUT2D eigenvalue weighted by Crippen LogP contribution is 2.39. The molecular formula is C20H26N4. The Morgan fingerprint density at radius 1 is 1.17 bits per heavy atom. The van der Waals surface area contributed by atoms with Crippen LogP contribution in [-0.2, 0) is 5.54 Å². The summed E-state index contributed by atoms with van der Waals surface area (Å²) in [5, 5.41) is 3.64. The van der Waals surface area contributed by atoms with Gasteiger partial charge in [0.25, 0.3) is 0 Å². The second kappa shape index (κ2) is 7.04. The van der Waals surface area contributed by atoms with Crippen molar-refractivity contribution in [3.05, 3.63) is 59.4 Å². The van der Waals surface area contributed by atoms with Crippen LogP contribution in [0.2, 0.25) is 0 Å². The number of hydrogen-bond donors (Lipinski definition) is 2. The van der Waals surface area contributed by atoms with Crippen LogP contribution in [0.4, 0.5) is 5.95 Å². The van der Waals surface area contributed by atoms with Crippen molar-refractivity contribution in [2.45, 2.75) is 51.5 Å². The van der Waals surface area contributed by atoms with Gasteiger partial charge >= 0.3 is 0 Å². The molecule has 0 unspecified atom stereocenters. The van der Waals surface area contributed by atoms with E-state index in [0.717, 1.165) is 18.4 Å². The van der Waals surface area contributed by atoms with E-state index in [9.17, 15) is 0 Å². The minimum absolute atomic E-state index is 0.0715. The normalized spacial score (nSPS) is 17.5. The van der Waals surface area contributed by atoms with Crippen LogP contribution in [0.5, 0.6) is 0 Å². The van der Waals surface area contributed by atoms with Gasteiger partial charge in [-0.25, -0.2) is 9.97 Å². The Hall–Kier alpha value is -2.36. The average Bonchev–Trinajstić information content (AvgIpc) is 2.62. The SMILES string of the molecule is CC=C(N)c1cnc(NC2(c3cccc(C)c3)CCCCC2)nc1. The molecule has 0 spiro atoms. The minimum atomic E-state index is -0.0715. The Morgan fingerprint density at radius 3 is 2.50 bits per heavy atom. The molecule has 1 aliphatic carbocycles. The summed E-state index contributed by atoms with van der Waals surface area (Å²) in [7, 11) is 0. The van der Waals surface area contributed by atoms with Crippen LogP contribution in [0, 0.1) is 6.92 Å². The lowest BCUT2D eigenvalue weighted by molar-refractivity contribution is 0.328. The molecule has 1 heterocycles. The summed E-state index contributed by atoms with van der Waals surface area (Å²) in [6.45, 7) is 4.06. The summed E-state index contributed by atoms with van der Waals surface area (Å²) < 4.78 is 0. The second-order valence-electron chi connectivity index (χ2n) is 6.68. The Bertz CT molecular complexity index is 713. The number of aryl methyl sites for hydroxylation is 1. The molecule has 1 aliphatic rings. The smallest absolute Gasteiger partial charge is 0.223 e. The molecule has 1 fully saturated rings. The van der Waals surface area contributed by atoms with E-state index in [1.807, 2.05) is 13.0 Å². The molecule has 0 amide bonds. The molecule has 1 aromatic carbocycles. The van der Waals surface area contributed by atoms with E-state index >= 15 is 0 Å². The lowest BCUT2D eigenvalue weighted by Gasteiger charge is -2.39. The van der Waals surface area contributed by atoms with Crippen molar-refractivity contribution in [2.75, 3.05) is 5.32 Å². The van der Waals surface area contributed by atoms with Crippen LogP contribution >= 0.6 is 0 Å². The molecule has 1 aromatic heterocycles. The summed E-state index contributed by atoms with van der Waals surface area (Å²) in [5.74, 6) is 0.672. The van der Waals surface area contributed by atoms with Gasteiger partial charge in [-0.15, -0.1) is 0 Å². The molecule has 4 heteroatoms. The number of benzene rings is 1. The summed E-state index contributed by atoms with van der Waals surface area (Å²) >= 11 is 0. The molecule has 24 heavy (non-hydrogen) atoms. The lowest BCUT2D eigenvalue weighted by atomic mass is 9.76. The van der Waals surface area contributed by atoms with E-state index in [2.05, 4.69) is 46.5 Å². The summed E-state index contributed by atoms with van der Waals surface area (Å²) in [4.78, 5) is 8.98. The number of nitrogens with one attached hydrogen (secondary N) is 1. The molecule has 0 aliphatic heterocycles. The first-order valence-electron chi connectivity index (χ1n) is 8.72. The molecule has 3 rings (SSSR count). The van der Waals surface area contributed by atoms with E-state index in [1.54, 1.807) is 12.4 Å².